The third kappa shape index (κ3) is 26.1. The smallest absolute Gasteiger partial charge is 0.120 e. The fourth-order valence-corrected chi connectivity index (χ4v) is 4.01. The Morgan fingerprint density at radius 3 is 1.88 bits per heavy atom. The number of carbonyl (C=O) groups is 1. The molecule has 0 amide bonds. The van der Waals surface area contributed by atoms with Gasteiger partial charge in [-0.05, 0) is 25.8 Å². The van der Waals surface area contributed by atoms with Crippen LogP contribution in [0.25, 0.3) is 5.57 Å². The Hall–Kier alpha value is -2.08. The summed E-state index contributed by atoms with van der Waals surface area (Å²) in [5, 5.41) is 3.06. The third-order valence-corrected chi connectivity index (χ3v) is 6.60. The molecule has 0 aliphatic carbocycles. The molecule has 2 aromatic carbocycles. The number of hydrogen-bond acceptors (Lipinski definition) is 4. The summed E-state index contributed by atoms with van der Waals surface area (Å²) in [4.78, 5) is 10.0. The predicted molar refractivity (Wildman–Crippen MR) is 194 cm³/mol. The van der Waals surface area contributed by atoms with Crippen LogP contribution in [0.3, 0.4) is 0 Å². The van der Waals surface area contributed by atoms with E-state index < -0.39 is 0 Å². The molecule has 0 aromatic heterocycles. The number of aldehydes is 1. The first-order chi connectivity index (χ1) is 20.2. The molecule has 3 nitrogen and oxygen atoms in total. The van der Waals surface area contributed by atoms with Crippen LogP contribution in [-0.2, 0) is 51.7 Å². The first-order valence-electron chi connectivity index (χ1n) is 15.6. The van der Waals surface area contributed by atoms with Crippen LogP contribution in [0.2, 0.25) is 0 Å². The van der Waals surface area contributed by atoms with E-state index in [0.717, 1.165) is 44.0 Å². The minimum absolute atomic E-state index is 0. The van der Waals surface area contributed by atoms with Crippen molar-refractivity contribution >= 4 is 29.6 Å². The summed E-state index contributed by atoms with van der Waals surface area (Å²) in [5.41, 5.74) is 14.2. The summed E-state index contributed by atoms with van der Waals surface area (Å²) in [6, 6.07) is 17.0. The minimum Gasteiger partial charge on any atom is -0.813 e. The molecular formula is C38H60N2NbOS-2. The average molecular weight is 686 g/mol. The summed E-state index contributed by atoms with van der Waals surface area (Å²) < 4.78 is 2.07. The Balaban J connectivity index is -0.000000544. The Morgan fingerprint density at radius 1 is 0.953 bits per heavy atom. The third-order valence-electron chi connectivity index (χ3n) is 6.23. The van der Waals surface area contributed by atoms with E-state index in [1.54, 1.807) is 20.6 Å². The number of nitrogens with one attached hydrogen (secondary N) is 1. The first-order valence-corrected chi connectivity index (χ1v) is 16.9. The fourth-order valence-electron chi connectivity index (χ4n) is 3.57. The second-order valence-electron chi connectivity index (χ2n) is 10.1. The van der Waals surface area contributed by atoms with Crippen LogP contribution in [0, 0.1) is 13.8 Å². The summed E-state index contributed by atoms with van der Waals surface area (Å²) in [7, 11) is 0. The van der Waals surface area contributed by atoms with Gasteiger partial charge in [-0.3, -0.25) is 0 Å². The zero-order valence-electron chi connectivity index (χ0n) is 28.2. The molecule has 0 radical (unpaired) electrons. The van der Waals surface area contributed by atoms with Crippen molar-refractivity contribution in [3.05, 3.63) is 108 Å². The normalized spacial score (nSPS) is 12.8. The van der Waals surface area contributed by atoms with Gasteiger partial charge in [0.15, 0.2) is 0 Å². The molecule has 1 aliphatic rings. The summed E-state index contributed by atoms with van der Waals surface area (Å²) in [5.74, 6) is 0. The van der Waals surface area contributed by atoms with Crippen molar-refractivity contribution in [1.29, 1.82) is 0 Å². The zero-order valence-corrected chi connectivity index (χ0v) is 31.3. The second-order valence-corrected chi connectivity index (χ2v) is 10.8. The van der Waals surface area contributed by atoms with Crippen molar-refractivity contribution < 1.29 is 25.4 Å². The number of rotatable bonds is 11. The molecule has 3 N–H and O–H groups in total. The number of allylic oxidation sites excluding steroid dienone is 4. The van der Waals surface area contributed by atoms with E-state index >= 15 is 0 Å². The average Bonchev–Trinajstić information content (AvgIpc) is 3.40. The Labute approximate surface area is 284 Å². The van der Waals surface area contributed by atoms with Crippen molar-refractivity contribution in [2.24, 2.45) is 5.73 Å². The first kappa shape index (κ1) is 45.4. The zero-order chi connectivity index (χ0) is 32.2. The van der Waals surface area contributed by atoms with Crippen LogP contribution >= 0.6 is 0 Å². The van der Waals surface area contributed by atoms with E-state index in [4.69, 9.17) is 5.73 Å². The molecule has 5 heteroatoms. The van der Waals surface area contributed by atoms with Crippen molar-refractivity contribution in [2.45, 2.75) is 112 Å². The maximum atomic E-state index is 10.0. The van der Waals surface area contributed by atoms with E-state index in [1.807, 2.05) is 20.8 Å². The van der Waals surface area contributed by atoms with Gasteiger partial charge in [-0.25, -0.2) is 0 Å². The molecule has 2 aromatic rings. The maximum Gasteiger partial charge on any atom is 0.120 e. The number of benzene rings is 2. The SMILES string of the molecule is C=C(CCC)CCc1ccc(/C([CH2-])=C/[CH]=[Nb])cc1.CC.CC1=CCC(N)N1.CCCC.Cc1ccc(CCC=O)cc1.[SH-]. The molecule has 3 rings (SSSR count). The second kappa shape index (κ2) is 31.3. The molecular weight excluding hydrogens is 625 g/mol. The molecule has 0 saturated heterocycles. The van der Waals surface area contributed by atoms with E-state index in [9.17, 15) is 4.79 Å². The van der Waals surface area contributed by atoms with Crippen LogP contribution in [0.4, 0.5) is 0 Å². The van der Waals surface area contributed by atoms with Gasteiger partial charge in [-0.2, -0.15) is 0 Å². The van der Waals surface area contributed by atoms with Crippen molar-refractivity contribution in [3.63, 3.8) is 0 Å². The van der Waals surface area contributed by atoms with Crippen LogP contribution in [0.15, 0.2) is 78.5 Å². The molecule has 0 saturated carbocycles. The molecule has 1 atom stereocenters. The number of thiol groups is 1. The number of carbonyl (C=O) groups excluding carboxylic acids is 1. The number of unbranched alkanes of at least 4 members (excludes halogenated alkanes) is 1. The molecule has 1 unspecified atom stereocenters. The molecule has 43 heavy (non-hydrogen) atoms. The fraction of sp³-hybridized carbons (Fsp3) is 0.447. The standard InChI is InChI=1S/C17H21.C10H12O.C5H10N2.C4H10.C2H6.Nb.H2S/c1-5-7-14(3)8-9-16-10-12-17(13-11-16)15(4)6-2;1-9-4-6-10(7-5-9)3-2-8-11;1-4-2-3-5(6)7-4;1-3-4-2;1-2;;/h2,6,10-13H,3-5,7-9H2,1H3;4-8H,2-3H2,1H3;2,5,7H,3,6H2,1H3;3-4H2,1-2H3;1-2H3;;1H2/q-1;;;;;;/p-1/b15-6+;;;;;;. The van der Waals surface area contributed by atoms with Gasteiger partial charge >= 0.3 is 117 Å². The molecule has 0 bridgehead atoms. The predicted octanol–water partition coefficient (Wildman–Crippen LogP) is 9.40. The van der Waals surface area contributed by atoms with Gasteiger partial charge in [0.1, 0.15) is 6.29 Å². The largest absolute Gasteiger partial charge is 0.813 e. The van der Waals surface area contributed by atoms with Crippen molar-refractivity contribution in [3.8, 4) is 0 Å². The van der Waals surface area contributed by atoms with Gasteiger partial charge in [0.25, 0.3) is 0 Å². The quantitative estimate of drug-likeness (QED) is 0.0618. The van der Waals surface area contributed by atoms with Crippen molar-refractivity contribution in [2.75, 3.05) is 0 Å². The Bertz CT molecular complexity index is 1020. The van der Waals surface area contributed by atoms with Gasteiger partial charge in [0, 0.05) is 18.5 Å². The van der Waals surface area contributed by atoms with Crippen LogP contribution < -0.4 is 11.1 Å². The van der Waals surface area contributed by atoms with E-state index in [1.165, 1.54) is 52.8 Å². The van der Waals surface area contributed by atoms with Crippen molar-refractivity contribution in [1.82, 2.24) is 5.32 Å². The van der Waals surface area contributed by atoms with E-state index in [0.29, 0.717) is 6.42 Å². The molecule has 0 fully saturated rings. The number of nitrogens with two attached hydrogens (primary N) is 1. The number of aryl methyl sites for hydroxylation is 3. The number of hydrogen-bond donors (Lipinski definition) is 2. The van der Waals surface area contributed by atoms with Crippen LogP contribution in [0.5, 0.6) is 0 Å². The van der Waals surface area contributed by atoms with E-state index in [2.05, 4.69) is 111 Å². The minimum atomic E-state index is 0. The summed E-state index contributed by atoms with van der Waals surface area (Å²) in [6.07, 6.45) is 15.0. The maximum absolute atomic E-state index is 10.0. The van der Waals surface area contributed by atoms with Gasteiger partial charge in [-0.15, -0.1) is 0 Å². The van der Waals surface area contributed by atoms with Gasteiger partial charge in [0.2, 0.25) is 0 Å². The molecule has 241 valence electrons. The summed E-state index contributed by atoms with van der Waals surface area (Å²) in [6.45, 7) is 22.8. The summed E-state index contributed by atoms with van der Waals surface area (Å²) >= 11 is 1.68. The topological polar surface area (TPSA) is 55.1 Å². The van der Waals surface area contributed by atoms with Gasteiger partial charge in [0.05, 0.1) is 6.17 Å². The van der Waals surface area contributed by atoms with Crippen LogP contribution in [0.1, 0.15) is 109 Å². The molecule has 0 spiro atoms. The molecule has 1 heterocycles. The van der Waals surface area contributed by atoms with E-state index in [-0.39, 0.29) is 19.7 Å². The Kier molecular flexibility index (Phi) is 33.1. The monoisotopic (exact) mass is 685 g/mol. The van der Waals surface area contributed by atoms with Crippen LogP contribution in [-0.4, -0.2) is 16.7 Å². The van der Waals surface area contributed by atoms with Gasteiger partial charge in [-0.1, -0.05) is 83.4 Å². The molecule has 1 aliphatic heterocycles. The van der Waals surface area contributed by atoms with Gasteiger partial charge < -0.3 is 29.3 Å². The Morgan fingerprint density at radius 2 is 1.49 bits per heavy atom.